The van der Waals surface area contributed by atoms with Crippen LogP contribution in [0.1, 0.15) is 29.3 Å². The molecule has 1 N–H and O–H groups in total. The maximum atomic E-state index is 12.8. The van der Waals surface area contributed by atoms with Crippen molar-refractivity contribution >= 4 is 17.5 Å². The van der Waals surface area contributed by atoms with E-state index in [4.69, 9.17) is 4.74 Å². The molecule has 0 bridgehead atoms. The van der Waals surface area contributed by atoms with Gasteiger partial charge in [0.15, 0.2) is 0 Å². The van der Waals surface area contributed by atoms with Gasteiger partial charge in [0.25, 0.3) is 5.91 Å². The summed E-state index contributed by atoms with van der Waals surface area (Å²) in [5, 5.41) is 11.3. The Labute approximate surface area is 174 Å². The second kappa shape index (κ2) is 7.59. The van der Waals surface area contributed by atoms with Crippen LogP contribution in [0.25, 0.3) is 0 Å². The topological polar surface area (TPSA) is 89.3 Å². The Morgan fingerprint density at radius 3 is 2.50 bits per heavy atom. The lowest BCUT2D eigenvalue weighted by molar-refractivity contribution is -0.134. The summed E-state index contributed by atoms with van der Waals surface area (Å²) in [5.74, 6) is 2.69. The molecule has 8 nitrogen and oxygen atoms in total. The van der Waals surface area contributed by atoms with Gasteiger partial charge in [0.05, 0.1) is 7.11 Å². The zero-order valence-corrected chi connectivity index (χ0v) is 17.0. The van der Waals surface area contributed by atoms with Gasteiger partial charge in [-0.2, -0.15) is 0 Å². The van der Waals surface area contributed by atoms with E-state index in [2.05, 4.69) is 27.7 Å². The number of ether oxygens (including phenoxy) is 1. The van der Waals surface area contributed by atoms with Gasteiger partial charge in [0, 0.05) is 37.7 Å². The first-order valence-corrected chi connectivity index (χ1v) is 10.4. The lowest BCUT2D eigenvalue weighted by Gasteiger charge is -2.25. The molecule has 2 aromatic rings. The summed E-state index contributed by atoms with van der Waals surface area (Å²) in [6, 6.07) is 7.17. The van der Waals surface area contributed by atoms with E-state index in [-0.39, 0.29) is 17.7 Å². The molecule has 0 spiro atoms. The van der Waals surface area contributed by atoms with Crippen molar-refractivity contribution in [1.82, 2.24) is 19.7 Å². The number of likely N-dealkylation sites (tertiary alicyclic amines) is 1. The molecule has 0 unspecified atom stereocenters. The summed E-state index contributed by atoms with van der Waals surface area (Å²) >= 11 is 0. The van der Waals surface area contributed by atoms with Crippen molar-refractivity contribution < 1.29 is 14.3 Å². The first-order chi connectivity index (χ1) is 14.6. The second-order valence-electron chi connectivity index (χ2n) is 8.34. The summed E-state index contributed by atoms with van der Waals surface area (Å²) in [6.07, 6.45) is 6.65. The Morgan fingerprint density at radius 1 is 1.03 bits per heavy atom. The van der Waals surface area contributed by atoms with Crippen LogP contribution in [0, 0.1) is 17.8 Å². The molecule has 0 saturated carbocycles. The Hall–Kier alpha value is -3.16. The van der Waals surface area contributed by atoms with Gasteiger partial charge in [0.1, 0.15) is 11.6 Å². The van der Waals surface area contributed by atoms with Crippen LogP contribution in [0.4, 0.5) is 5.69 Å². The van der Waals surface area contributed by atoms with Crippen LogP contribution in [0.3, 0.4) is 0 Å². The highest BCUT2D eigenvalue weighted by atomic mass is 16.5. The number of anilines is 1. The minimum absolute atomic E-state index is 0.106. The monoisotopic (exact) mass is 407 g/mol. The minimum Gasteiger partial charge on any atom is -0.497 e. The zero-order chi connectivity index (χ0) is 20.7. The first kappa shape index (κ1) is 18.8. The summed E-state index contributed by atoms with van der Waals surface area (Å²) in [7, 11) is 1.60. The fourth-order valence-corrected chi connectivity index (χ4v) is 4.81. The number of nitrogens with one attached hydrogen (secondary N) is 1. The maximum absolute atomic E-state index is 12.8. The van der Waals surface area contributed by atoms with Gasteiger partial charge in [-0.15, -0.1) is 10.2 Å². The van der Waals surface area contributed by atoms with Crippen LogP contribution in [-0.4, -0.2) is 51.7 Å². The molecule has 2 amide bonds. The molecule has 2 aliphatic heterocycles. The highest BCUT2D eigenvalue weighted by Gasteiger charge is 2.41. The van der Waals surface area contributed by atoms with Crippen molar-refractivity contribution in [2.24, 2.45) is 17.8 Å². The SMILES string of the molecule is COc1ccc(NC(=O)c2nnc3n2C[C@@H]2CN(C(=O)C4CC=CC4)C[C@@H]2C3)cc1. The number of amides is 2. The van der Waals surface area contributed by atoms with Crippen LogP contribution in [0.2, 0.25) is 0 Å². The average Bonchev–Trinajstić information content (AvgIpc) is 3.51. The van der Waals surface area contributed by atoms with E-state index in [9.17, 15) is 9.59 Å². The van der Waals surface area contributed by atoms with Crippen molar-refractivity contribution in [3.63, 3.8) is 0 Å². The number of hydrogen-bond donors (Lipinski definition) is 1. The Morgan fingerprint density at radius 2 is 1.77 bits per heavy atom. The lowest BCUT2D eigenvalue weighted by Crippen LogP contribution is -2.34. The molecular formula is C22H25N5O3. The third-order valence-corrected chi connectivity index (χ3v) is 6.49. The quantitative estimate of drug-likeness (QED) is 0.785. The summed E-state index contributed by atoms with van der Waals surface area (Å²) < 4.78 is 7.07. The van der Waals surface area contributed by atoms with E-state index in [1.165, 1.54) is 0 Å². The molecular weight excluding hydrogens is 382 g/mol. The standard InChI is InChI=1S/C22H25N5O3/c1-30-18-8-6-17(7-9-18)23-21(28)20-25-24-19-10-15-11-26(12-16(15)13-27(19)20)22(29)14-4-2-3-5-14/h2-3,6-9,14-16H,4-5,10-13H2,1H3,(H,23,28)/t15-,16-/m0/s1. The molecule has 156 valence electrons. The predicted octanol–water partition coefficient (Wildman–Crippen LogP) is 2.14. The van der Waals surface area contributed by atoms with E-state index in [1.54, 1.807) is 31.4 Å². The van der Waals surface area contributed by atoms with E-state index < -0.39 is 0 Å². The summed E-state index contributed by atoms with van der Waals surface area (Å²) in [6.45, 7) is 2.20. The van der Waals surface area contributed by atoms with Crippen LogP contribution >= 0.6 is 0 Å². The summed E-state index contributed by atoms with van der Waals surface area (Å²) in [4.78, 5) is 27.6. The fraction of sp³-hybridized carbons (Fsp3) is 0.455. The van der Waals surface area contributed by atoms with Gasteiger partial charge in [-0.3, -0.25) is 9.59 Å². The number of methoxy groups -OCH3 is 1. The zero-order valence-electron chi connectivity index (χ0n) is 17.0. The number of rotatable bonds is 4. The molecule has 30 heavy (non-hydrogen) atoms. The Bertz CT molecular complexity index is 989. The maximum Gasteiger partial charge on any atom is 0.293 e. The van der Waals surface area contributed by atoms with Crippen LogP contribution < -0.4 is 10.1 Å². The average molecular weight is 407 g/mol. The third-order valence-electron chi connectivity index (χ3n) is 6.49. The van der Waals surface area contributed by atoms with Gasteiger partial charge in [-0.25, -0.2) is 0 Å². The van der Waals surface area contributed by atoms with Gasteiger partial charge >= 0.3 is 0 Å². The lowest BCUT2D eigenvalue weighted by atomic mass is 9.89. The molecule has 1 aromatic heterocycles. The van der Waals surface area contributed by atoms with Gasteiger partial charge in [0.2, 0.25) is 11.7 Å². The molecule has 3 aliphatic rings. The number of carbonyl (C=O) groups excluding carboxylic acids is 2. The molecule has 2 atom stereocenters. The molecule has 1 aromatic carbocycles. The van der Waals surface area contributed by atoms with E-state index in [0.717, 1.165) is 43.9 Å². The van der Waals surface area contributed by atoms with E-state index in [1.807, 2.05) is 9.47 Å². The molecule has 1 aliphatic carbocycles. The van der Waals surface area contributed by atoms with Crippen molar-refractivity contribution in [3.8, 4) is 5.75 Å². The first-order valence-electron chi connectivity index (χ1n) is 10.4. The third kappa shape index (κ3) is 3.36. The predicted molar refractivity (Wildman–Crippen MR) is 110 cm³/mol. The number of benzene rings is 1. The number of carbonyl (C=O) groups is 2. The van der Waals surface area contributed by atoms with E-state index in [0.29, 0.717) is 29.9 Å². The number of allylic oxidation sites excluding steroid dienone is 2. The van der Waals surface area contributed by atoms with Gasteiger partial charge in [-0.05, 0) is 48.9 Å². The van der Waals surface area contributed by atoms with Crippen molar-refractivity contribution in [2.75, 3.05) is 25.5 Å². The minimum atomic E-state index is -0.277. The number of aromatic nitrogens is 3. The summed E-state index contributed by atoms with van der Waals surface area (Å²) in [5.41, 5.74) is 0.676. The van der Waals surface area contributed by atoms with Crippen molar-refractivity contribution in [3.05, 3.63) is 48.1 Å². The fourth-order valence-electron chi connectivity index (χ4n) is 4.81. The normalized spacial score (nSPS) is 22.6. The molecule has 5 rings (SSSR count). The van der Waals surface area contributed by atoms with E-state index >= 15 is 0 Å². The molecule has 3 heterocycles. The van der Waals surface area contributed by atoms with Gasteiger partial charge < -0.3 is 19.5 Å². The smallest absolute Gasteiger partial charge is 0.293 e. The number of fused-ring (bicyclic) bond motifs is 2. The largest absolute Gasteiger partial charge is 0.497 e. The highest BCUT2D eigenvalue weighted by Crippen LogP contribution is 2.34. The molecule has 1 fully saturated rings. The van der Waals surface area contributed by atoms with Crippen LogP contribution in [0.5, 0.6) is 5.75 Å². The molecule has 8 heteroatoms. The van der Waals surface area contributed by atoms with Crippen molar-refractivity contribution in [2.45, 2.75) is 25.8 Å². The Kier molecular flexibility index (Phi) is 4.77. The Balaban J connectivity index is 1.27. The second-order valence-corrected chi connectivity index (χ2v) is 8.34. The van der Waals surface area contributed by atoms with Gasteiger partial charge in [-0.1, -0.05) is 12.2 Å². The number of hydrogen-bond acceptors (Lipinski definition) is 5. The van der Waals surface area contributed by atoms with Crippen LogP contribution in [0.15, 0.2) is 36.4 Å². The highest BCUT2D eigenvalue weighted by molar-refractivity contribution is 6.01. The van der Waals surface area contributed by atoms with Crippen molar-refractivity contribution in [1.29, 1.82) is 0 Å². The molecule has 0 radical (unpaired) electrons. The van der Waals surface area contributed by atoms with Crippen LogP contribution in [-0.2, 0) is 17.8 Å². The molecule has 1 saturated heterocycles. The number of nitrogens with zero attached hydrogens (tertiary/aromatic N) is 4.